The topological polar surface area (TPSA) is 20.2 Å². The van der Waals surface area contributed by atoms with E-state index < -0.39 is 0 Å². The van der Waals surface area contributed by atoms with Crippen molar-refractivity contribution >= 4 is 15.9 Å². The molecule has 0 aliphatic carbocycles. The first kappa shape index (κ1) is 10.2. The van der Waals surface area contributed by atoms with E-state index in [1.165, 1.54) is 5.56 Å². The summed E-state index contributed by atoms with van der Waals surface area (Å²) in [5.74, 6) is 0.269. The maximum absolute atomic E-state index is 9.39. The van der Waals surface area contributed by atoms with Crippen LogP contribution in [0, 0.1) is 6.92 Å². The summed E-state index contributed by atoms with van der Waals surface area (Å²) < 4.78 is 0.723. The highest BCUT2D eigenvalue weighted by Gasteiger charge is 2.01. The molecule has 76 valence electrons. The van der Waals surface area contributed by atoms with Crippen LogP contribution in [0.1, 0.15) is 5.56 Å². The number of halogens is 1. The molecule has 0 unspecified atom stereocenters. The van der Waals surface area contributed by atoms with Crippen molar-refractivity contribution < 1.29 is 5.11 Å². The van der Waals surface area contributed by atoms with E-state index >= 15 is 0 Å². The fraction of sp³-hybridized carbons (Fsp3) is 0.0769. The molecule has 2 rings (SSSR count). The molecule has 0 aromatic heterocycles. The van der Waals surface area contributed by atoms with Gasteiger partial charge in [0.15, 0.2) is 0 Å². The van der Waals surface area contributed by atoms with E-state index in [-0.39, 0.29) is 5.75 Å². The molecule has 0 saturated heterocycles. The second kappa shape index (κ2) is 4.07. The second-order valence-electron chi connectivity index (χ2n) is 3.53. The van der Waals surface area contributed by atoms with Crippen molar-refractivity contribution in [2.45, 2.75) is 6.92 Å². The Morgan fingerprint density at radius 3 is 2.13 bits per heavy atom. The van der Waals surface area contributed by atoms with Crippen molar-refractivity contribution in [3.63, 3.8) is 0 Å². The number of phenolic OH excluding ortho intramolecular Hbond substituents is 1. The lowest BCUT2D eigenvalue weighted by Crippen LogP contribution is -1.79. The smallest absolute Gasteiger partial charge is 0.129 e. The average molecular weight is 263 g/mol. The van der Waals surface area contributed by atoms with Crippen LogP contribution in [0.2, 0.25) is 0 Å². The molecule has 0 radical (unpaired) electrons. The molecule has 0 amide bonds. The van der Waals surface area contributed by atoms with Gasteiger partial charge in [-0.05, 0) is 46.1 Å². The predicted octanol–water partition coefficient (Wildman–Crippen LogP) is 4.13. The minimum absolute atomic E-state index is 0.269. The Morgan fingerprint density at radius 1 is 0.933 bits per heavy atom. The first-order valence-electron chi connectivity index (χ1n) is 4.72. The van der Waals surface area contributed by atoms with Gasteiger partial charge < -0.3 is 5.11 Å². The molecular weight excluding hydrogens is 252 g/mol. The highest BCUT2D eigenvalue weighted by Crippen LogP contribution is 2.29. The normalized spacial score (nSPS) is 10.3. The molecule has 2 heteroatoms. The summed E-state index contributed by atoms with van der Waals surface area (Å²) in [6, 6.07) is 13.8. The zero-order valence-corrected chi connectivity index (χ0v) is 9.95. The Hall–Kier alpha value is -1.28. The SMILES string of the molecule is Cc1ccc(-c2ccc(O)c(Br)c2)cc1. The molecule has 0 aliphatic heterocycles. The number of hydrogen-bond donors (Lipinski definition) is 1. The van der Waals surface area contributed by atoms with E-state index in [0.29, 0.717) is 0 Å². The fourth-order valence-electron chi connectivity index (χ4n) is 1.43. The highest BCUT2D eigenvalue weighted by molar-refractivity contribution is 9.10. The van der Waals surface area contributed by atoms with Gasteiger partial charge in [0.2, 0.25) is 0 Å². The van der Waals surface area contributed by atoms with Gasteiger partial charge >= 0.3 is 0 Å². The lowest BCUT2D eigenvalue weighted by molar-refractivity contribution is 0.472. The molecule has 0 aliphatic rings. The van der Waals surface area contributed by atoms with Crippen molar-refractivity contribution in [2.75, 3.05) is 0 Å². The van der Waals surface area contributed by atoms with E-state index in [9.17, 15) is 5.11 Å². The van der Waals surface area contributed by atoms with Gasteiger partial charge in [0.25, 0.3) is 0 Å². The van der Waals surface area contributed by atoms with Crippen LogP contribution in [0.25, 0.3) is 11.1 Å². The van der Waals surface area contributed by atoms with E-state index in [2.05, 4.69) is 47.1 Å². The molecule has 2 aromatic carbocycles. The number of rotatable bonds is 1. The lowest BCUT2D eigenvalue weighted by Gasteiger charge is -2.04. The largest absolute Gasteiger partial charge is 0.507 e. The lowest BCUT2D eigenvalue weighted by atomic mass is 10.0. The van der Waals surface area contributed by atoms with Gasteiger partial charge in [-0.25, -0.2) is 0 Å². The number of hydrogen-bond acceptors (Lipinski definition) is 1. The van der Waals surface area contributed by atoms with Crippen molar-refractivity contribution in [1.29, 1.82) is 0 Å². The summed E-state index contributed by atoms with van der Waals surface area (Å²) in [4.78, 5) is 0. The molecule has 0 bridgehead atoms. The minimum Gasteiger partial charge on any atom is -0.507 e. The van der Waals surface area contributed by atoms with Crippen molar-refractivity contribution in [3.05, 3.63) is 52.5 Å². The van der Waals surface area contributed by atoms with Crippen LogP contribution in [0.5, 0.6) is 5.75 Å². The van der Waals surface area contributed by atoms with E-state index in [1.807, 2.05) is 12.1 Å². The maximum Gasteiger partial charge on any atom is 0.129 e. The summed E-state index contributed by atoms with van der Waals surface area (Å²) in [6.45, 7) is 2.07. The molecular formula is C13H11BrO. The minimum atomic E-state index is 0.269. The van der Waals surface area contributed by atoms with E-state index in [0.717, 1.165) is 15.6 Å². The van der Waals surface area contributed by atoms with E-state index in [1.54, 1.807) is 6.07 Å². The Balaban J connectivity index is 2.45. The van der Waals surface area contributed by atoms with Crippen LogP contribution in [0.15, 0.2) is 46.9 Å². The highest BCUT2D eigenvalue weighted by atomic mass is 79.9. The third-order valence-corrected chi connectivity index (χ3v) is 2.97. The molecule has 0 fully saturated rings. The summed E-state index contributed by atoms with van der Waals surface area (Å²) in [5, 5.41) is 9.39. The molecule has 1 N–H and O–H groups in total. The van der Waals surface area contributed by atoms with Crippen LogP contribution in [0.4, 0.5) is 0 Å². The molecule has 0 saturated carbocycles. The summed E-state index contributed by atoms with van der Waals surface area (Å²) in [7, 11) is 0. The van der Waals surface area contributed by atoms with Crippen LogP contribution < -0.4 is 0 Å². The van der Waals surface area contributed by atoms with Gasteiger partial charge in [0.05, 0.1) is 4.47 Å². The summed E-state index contributed by atoms with van der Waals surface area (Å²) in [6.07, 6.45) is 0. The first-order valence-corrected chi connectivity index (χ1v) is 5.51. The van der Waals surface area contributed by atoms with Crippen molar-refractivity contribution in [3.8, 4) is 16.9 Å². The first-order chi connectivity index (χ1) is 7.16. The predicted molar refractivity (Wildman–Crippen MR) is 66.0 cm³/mol. The van der Waals surface area contributed by atoms with Gasteiger partial charge in [0.1, 0.15) is 5.75 Å². The summed E-state index contributed by atoms with van der Waals surface area (Å²) in [5.41, 5.74) is 3.50. The Bertz CT molecular complexity index is 474. The molecule has 1 nitrogen and oxygen atoms in total. The number of phenols is 1. The number of benzene rings is 2. The second-order valence-corrected chi connectivity index (χ2v) is 4.39. The molecule has 15 heavy (non-hydrogen) atoms. The van der Waals surface area contributed by atoms with Gasteiger partial charge in [0, 0.05) is 0 Å². The number of aromatic hydroxyl groups is 1. The van der Waals surface area contributed by atoms with Gasteiger partial charge in [-0.3, -0.25) is 0 Å². The Morgan fingerprint density at radius 2 is 1.53 bits per heavy atom. The zero-order valence-electron chi connectivity index (χ0n) is 8.37. The molecule has 0 atom stereocenters. The van der Waals surface area contributed by atoms with Gasteiger partial charge in [-0.15, -0.1) is 0 Å². The molecule has 2 aromatic rings. The van der Waals surface area contributed by atoms with Crippen LogP contribution in [-0.2, 0) is 0 Å². The average Bonchev–Trinajstić information content (AvgIpc) is 2.23. The van der Waals surface area contributed by atoms with Crippen LogP contribution in [0.3, 0.4) is 0 Å². The maximum atomic E-state index is 9.39. The zero-order chi connectivity index (χ0) is 10.8. The van der Waals surface area contributed by atoms with Crippen LogP contribution >= 0.6 is 15.9 Å². The fourth-order valence-corrected chi connectivity index (χ4v) is 1.81. The number of aryl methyl sites for hydroxylation is 1. The van der Waals surface area contributed by atoms with Gasteiger partial charge in [-0.1, -0.05) is 35.9 Å². The van der Waals surface area contributed by atoms with Crippen molar-refractivity contribution in [2.24, 2.45) is 0 Å². The Kier molecular flexibility index (Phi) is 2.78. The third kappa shape index (κ3) is 2.21. The monoisotopic (exact) mass is 262 g/mol. The van der Waals surface area contributed by atoms with E-state index in [4.69, 9.17) is 0 Å². The van der Waals surface area contributed by atoms with Crippen molar-refractivity contribution in [1.82, 2.24) is 0 Å². The molecule has 0 spiro atoms. The third-order valence-electron chi connectivity index (χ3n) is 2.33. The quantitative estimate of drug-likeness (QED) is 0.820. The molecule has 0 heterocycles. The Labute approximate surface area is 97.5 Å². The van der Waals surface area contributed by atoms with Gasteiger partial charge in [-0.2, -0.15) is 0 Å². The summed E-state index contributed by atoms with van der Waals surface area (Å²) >= 11 is 3.31. The van der Waals surface area contributed by atoms with Crippen LogP contribution in [-0.4, -0.2) is 5.11 Å². The standard InChI is InChI=1S/C13H11BrO/c1-9-2-4-10(5-3-9)11-6-7-13(15)12(14)8-11/h2-8,15H,1H3.